The van der Waals surface area contributed by atoms with Gasteiger partial charge in [-0.15, -0.1) is 0 Å². The first-order chi connectivity index (χ1) is 7.69. The minimum Gasteiger partial charge on any atom is -0.439 e. The molecule has 0 aliphatic rings. The molecule has 84 valence electrons. The van der Waals surface area contributed by atoms with Gasteiger partial charge in [0.15, 0.2) is 0 Å². The maximum absolute atomic E-state index is 5.59. The molecule has 0 unspecified atom stereocenters. The molecule has 0 saturated heterocycles. The summed E-state index contributed by atoms with van der Waals surface area (Å²) in [6, 6.07) is 6.19. The molecule has 0 bridgehead atoms. The number of oxazole rings is 1. The number of aryl methyl sites for hydroxylation is 2. The lowest BCUT2D eigenvalue weighted by Crippen LogP contribution is -1.96. The van der Waals surface area contributed by atoms with Crippen LogP contribution in [0.4, 0.5) is 0 Å². The molecule has 3 nitrogen and oxygen atoms in total. The number of aromatic nitrogens is 1. The quantitative estimate of drug-likeness (QED) is 0.887. The van der Waals surface area contributed by atoms with Crippen LogP contribution in [0.25, 0.3) is 0 Å². The highest BCUT2D eigenvalue weighted by Gasteiger charge is 2.06. The van der Waals surface area contributed by atoms with Gasteiger partial charge in [0, 0.05) is 11.4 Å². The summed E-state index contributed by atoms with van der Waals surface area (Å²) in [4.78, 5) is 5.41. The summed E-state index contributed by atoms with van der Waals surface area (Å²) in [5.74, 6) is 0. The summed E-state index contributed by atoms with van der Waals surface area (Å²) in [6.45, 7) is 4.55. The van der Waals surface area contributed by atoms with Crippen LogP contribution in [-0.2, 0) is 6.54 Å². The summed E-state index contributed by atoms with van der Waals surface area (Å²) in [7, 11) is 0. The van der Waals surface area contributed by atoms with E-state index in [1.54, 1.807) is 6.26 Å². The molecule has 2 N–H and O–H groups in total. The molecule has 0 radical (unpaired) electrons. The lowest BCUT2D eigenvalue weighted by atomic mass is 10.1. The van der Waals surface area contributed by atoms with Gasteiger partial charge in [-0.05, 0) is 42.8 Å². The monoisotopic (exact) mass is 234 g/mol. The standard InChI is InChI=1S/C12H14N2OS/c1-8-5-10(6-13)3-4-11(8)16-12-14-9(2)7-15-12/h3-5,7H,6,13H2,1-2H3. The van der Waals surface area contributed by atoms with Gasteiger partial charge < -0.3 is 10.2 Å². The Hall–Kier alpha value is -1.26. The van der Waals surface area contributed by atoms with E-state index in [9.17, 15) is 0 Å². The summed E-state index contributed by atoms with van der Waals surface area (Å²) < 4.78 is 5.31. The van der Waals surface area contributed by atoms with Crippen LogP contribution in [0, 0.1) is 13.8 Å². The van der Waals surface area contributed by atoms with E-state index in [0.717, 1.165) is 16.2 Å². The van der Waals surface area contributed by atoms with Gasteiger partial charge in [0.1, 0.15) is 6.26 Å². The van der Waals surface area contributed by atoms with E-state index >= 15 is 0 Å². The van der Waals surface area contributed by atoms with Gasteiger partial charge in [0.25, 0.3) is 5.22 Å². The third-order valence-corrected chi connectivity index (χ3v) is 3.31. The van der Waals surface area contributed by atoms with Crippen molar-refractivity contribution >= 4 is 11.8 Å². The second-order valence-corrected chi connectivity index (χ2v) is 4.65. The van der Waals surface area contributed by atoms with Crippen molar-refractivity contribution in [2.45, 2.75) is 30.5 Å². The summed E-state index contributed by atoms with van der Waals surface area (Å²) in [6.07, 6.45) is 1.66. The molecule has 0 aliphatic heterocycles. The van der Waals surface area contributed by atoms with E-state index in [-0.39, 0.29) is 0 Å². The second kappa shape index (κ2) is 4.72. The van der Waals surface area contributed by atoms with Crippen LogP contribution < -0.4 is 5.73 Å². The minimum absolute atomic E-state index is 0.573. The maximum Gasteiger partial charge on any atom is 0.260 e. The molecule has 2 rings (SSSR count). The Kier molecular flexibility index (Phi) is 3.31. The van der Waals surface area contributed by atoms with Gasteiger partial charge in [0.05, 0.1) is 5.69 Å². The zero-order valence-electron chi connectivity index (χ0n) is 9.36. The summed E-state index contributed by atoms with van der Waals surface area (Å²) in [5, 5.41) is 0.682. The van der Waals surface area contributed by atoms with Crippen molar-refractivity contribution in [2.24, 2.45) is 5.73 Å². The smallest absolute Gasteiger partial charge is 0.260 e. The lowest BCUT2D eigenvalue weighted by molar-refractivity contribution is 0.454. The SMILES string of the molecule is Cc1coc(Sc2ccc(CN)cc2C)n1. The Balaban J connectivity index is 2.21. The van der Waals surface area contributed by atoms with Crippen molar-refractivity contribution in [1.82, 2.24) is 4.98 Å². The molecule has 0 aliphatic carbocycles. The molecule has 0 amide bonds. The maximum atomic E-state index is 5.59. The van der Waals surface area contributed by atoms with Gasteiger partial charge >= 0.3 is 0 Å². The molecule has 1 aromatic heterocycles. The Labute approximate surface area is 99.1 Å². The van der Waals surface area contributed by atoms with Crippen molar-refractivity contribution in [3.63, 3.8) is 0 Å². The number of benzene rings is 1. The van der Waals surface area contributed by atoms with E-state index < -0.39 is 0 Å². The van der Waals surface area contributed by atoms with Crippen molar-refractivity contribution < 1.29 is 4.42 Å². The molecule has 4 heteroatoms. The predicted octanol–water partition coefficient (Wildman–Crippen LogP) is 2.90. The fourth-order valence-electron chi connectivity index (χ4n) is 1.43. The minimum atomic E-state index is 0.573. The van der Waals surface area contributed by atoms with Crippen LogP contribution in [0.3, 0.4) is 0 Å². The molecule has 0 atom stereocenters. The highest BCUT2D eigenvalue weighted by atomic mass is 32.2. The average molecular weight is 234 g/mol. The normalized spacial score (nSPS) is 10.7. The zero-order chi connectivity index (χ0) is 11.5. The number of rotatable bonds is 3. The van der Waals surface area contributed by atoms with Gasteiger partial charge in [-0.1, -0.05) is 12.1 Å². The van der Waals surface area contributed by atoms with E-state index in [0.29, 0.717) is 11.8 Å². The second-order valence-electron chi connectivity index (χ2n) is 3.66. The zero-order valence-corrected chi connectivity index (χ0v) is 10.2. The highest BCUT2D eigenvalue weighted by Crippen LogP contribution is 2.29. The van der Waals surface area contributed by atoms with Gasteiger partial charge in [-0.3, -0.25) is 0 Å². The van der Waals surface area contributed by atoms with Crippen molar-refractivity contribution in [3.8, 4) is 0 Å². The molecule has 0 fully saturated rings. The highest BCUT2D eigenvalue weighted by molar-refractivity contribution is 7.99. The first kappa shape index (κ1) is 11.2. The van der Waals surface area contributed by atoms with E-state index in [2.05, 4.69) is 24.0 Å². The van der Waals surface area contributed by atoms with Crippen molar-refractivity contribution in [3.05, 3.63) is 41.3 Å². The Morgan fingerprint density at radius 2 is 2.19 bits per heavy atom. The first-order valence-corrected chi connectivity index (χ1v) is 5.90. The van der Waals surface area contributed by atoms with Crippen LogP contribution in [0.2, 0.25) is 0 Å². The molecular formula is C12H14N2OS. The van der Waals surface area contributed by atoms with Crippen LogP contribution in [0.5, 0.6) is 0 Å². The van der Waals surface area contributed by atoms with Gasteiger partial charge in [-0.25, -0.2) is 4.98 Å². The van der Waals surface area contributed by atoms with E-state index in [1.165, 1.54) is 17.3 Å². The molecule has 2 aromatic rings. The molecule has 0 spiro atoms. The Bertz CT molecular complexity index is 494. The predicted molar refractivity (Wildman–Crippen MR) is 64.4 cm³/mol. The van der Waals surface area contributed by atoms with Crippen molar-refractivity contribution in [1.29, 1.82) is 0 Å². The molecule has 16 heavy (non-hydrogen) atoms. The fourth-order valence-corrected chi connectivity index (χ4v) is 2.26. The number of nitrogens with two attached hydrogens (primary N) is 1. The number of hydrogen-bond donors (Lipinski definition) is 1. The number of nitrogens with zero attached hydrogens (tertiary/aromatic N) is 1. The van der Waals surface area contributed by atoms with Gasteiger partial charge in [-0.2, -0.15) is 0 Å². The van der Waals surface area contributed by atoms with Crippen LogP contribution in [0.15, 0.2) is 39.0 Å². The molecular weight excluding hydrogens is 220 g/mol. The Morgan fingerprint density at radius 3 is 2.75 bits per heavy atom. The fraction of sp³-hybridized carbons (Fsp3) is 0.250. The summed E-state index contributed by atoms with van der Waals surface area (Å²) in [5.41, 5.74) is 8.83. The number of hydrogen-bond acceptors (Lipinski definition) is 4. The largest absolute Gasteiger partial charge is 0.439 e. The first-order valence-electron chi connectivity index (χ1n) is 5.08. The third kappa shape index (κ3) is 2.46. The molecule has 0 saturated carbocycles. The van der Waals surface area contributed by atoms with Crippen LogP contribution in [0.1, 0.15) is 16.8 Å². The van der Waals surface area contributed by atoms with E-state index in [4.69, 9.17) is 10.2 Å². The Morgan fingerprint density at radius 1 is 1.38 bits per heavy atom. The van der Waals surface area contributed by atoms with Crippen LogP contribution >= 0.6 is 11.8 Å². The van der Waals surface area contributed by atoms with E-state index in [1.807, 2.05) is 13.0 Å². The van der Waals surface area contributed by atoms with Crippen LogP contribution in [-0.4, -0.2) is 4.98 Å². The average Bonchev–Trinajstić information content (AvgIpc) is 2.67. The van der Waals surface area contributed by atoms with Crippen molar-refractivity contribution in [2.75, 3.05) is 0 Å². The topological polar surface area (TPSA) is 52.0 Å². The third-order valence-electron chi connectivity index (χ3n) is 2.27. The molecule has 1 aromatic carbocycles. The summed E-state index contributed by atoms with van der Waals surface area (Å²) >= 11 is 1.54. The molecule has 1 heterocycles. The lowest BCUT2D eigenvalue weighted by Gasteiger charge is -2.04. The van der Waals surface area contributed by atoms with Gasteiger partial charge in [0.2, 0.25) is 0 Å².